The van der Waals surface area contributed by atoms with Gasteiger partial charge in [0.25, 0.3) is 10.1 Å². The summed E-state index contributed by atoms with van der Waals surface area (Å²) < 4.78 is 26.8. The summed E-state index contributed by atoms with van der Waals surface area (Å²) in [6.07, 6.45) is 30.5. The van der Waals surface area contributed by atoms with E-state index in [2.05, 4.69) is 84.9 Å². The quantitative estimate of drug-likeness (QED) is 0.101. The monoisotopic (exact) mass is 572 g/mol. The first kappa shape index (κ1) is 38.1. The van der Waals surface area contributed by atoms with Crippen LogP contribution in [-0.2, 0) is 14.3 Å². The highest BCUT2D eigenvalue weighted by Crippen LogP contribution is 2.16. The Labute approximate surface area is 249 Å². The predicted molar refractivity (Wildman–Crippen MR) is 178 cm³/mol. The second kappa shape index (κ2) is 22.7. The molecule has 4 heteroatoms. The van der Waals surface area contributed by atoms with Gasteiger partial charge in [-0.25, -0.2) is 0 Å². The molecule has 228 valence electrons. The lowest BCUT2D eigenvalue weighted by molar-refractivity contribution is 0.360. The fraction of sp³-hybridized carbons (Fsp3) is 0.611. The molecule has 0 aliphatic carbocycles. The number of hydrogen-bond acceptors (Lipinski definition) is 3. The van der Waals surface area contributed by atoms with Crippen LogP contribution < -0.4 is 0 Å². The summed E-state index contributed by atoms with van der Waals surface area (Å²) >= 11 is 0. The van der Waals surface area contributed by atoms with Crippen LogP contribution >= 0.6 is 0 Å². The van der Waals surface area contributed by atoms with Crippen molar-refractivity contribution in [2.75, 3.05) is 12.9 Å². The van der Waals surface area contributed by atoms with Crippen molar-refractivity contribution in [1.82, 2.24) is 0 Å². The zero-order valence-electron chi connectivity index (χ0n) is 27.4. The first-order chi connectivity index (χ1) is 18.8. The molecule has 0 atom stereocenters. The van der Waals surface area contributed by atoms with Crippen LogP contribution in [0.4, 0.5) is 0 Å². The van der Waals surface area contributed by atoms with E-state index < -0.39 is 10.1 Å². The van der Waals surface area contributed by atoms with Gasteiger partial charge in [-0.1, -0.05) is 81.5 Å². The molecule has 0 heterocycles. The van der Waals surface area contributed by atoms with Crippen molar-refractivity contribution in [3.05, 3.63) is 81.5 Å². The van der Waals surface area contributed by atoms with Crippen LogP contribution in [0.25, 0.3) is 0 Å². The Morgan fingerprint density at radius 3 is 0.950 bits per heavy atom. The van der Waals surface area contributed by atoms with Gasteiger partial charge < -0.3 is 0 Å². The Morgan fingerprint density at radius 2 is 0.700 bits per heavy atom. The molecule has 3 nitrogen and oxygen atoms in total. The Bertz CT molecular complexity index is 1040. The molecule has 0 radical (unpaired) electrons. The zero-order chi connectivity index (χ0) is 30.4. The lowest BCUT2D eigenvalue weighted by atomic mass is 10.0. The first-order valence-corrected chi connectivity index (χ1v) is 17.0. The lowest BCUT2D eigenvalue weighted by Gasteiger charge is -2.04. The maximum absolute atomic E-state index is 11.0. The SMILES string of the molecule is CC(C)=CCCC(C)=CCCC(C)=CCC/C(C)=C/CC/C(C)=C/CC/C(C)=C/CC/C(C)=C/COS(C)(=O)=O. The minimum absolute atomic E-state index is 0.123. The minimum Gasteiger partial charge on any atom is -0.266 e. The summed E-state index contributed by atoms with van der Waals surface area (Å²) in [6, 6.07) is 0. The highest BCUT2D eigenvalue weighted by molar-refractivity contribution is 7.85. The van der Waals surface area contributed by atoms with E-state index in [1.54, 1.807) is 0 Å². The highest BCUT2D eigenvalue weighted by atomic mass is 32.2. The molecule has 0 aliphatic heterocycles. The second-order valence-corrected chi connectivity index (χ2v) is 13.4. The topological polar surface area (TPSA) is 43.4 Å². The summed E-state index contributed by atoms with van der Waals surface area (Å²) in [5.74, 6) is 0. The van der Waals surface area contributed by atoms with Crippen molar-refractivity contribution in [2.24, 2.45) is 0 Å². The van der Waals surface area contributed by atoms with E-state index in [-0.39, 0.29) is 6.61 Å². The Kier molecular flexibility index (Phi) is 21.7. The molecular formula is C36H60O3S. The molecule has 0 rings (SSSR count). The molecule has 0 aromatic carbocycles. The standard InChI is InChI=1S/C36H60O3S/c1-30(2)16-10-17-31(3)18-11-19-32(4)20-12-21-33(5)22-13-23-34(6)24-14-25-35(7)26-15-27-36(8)28-29-39-40(9,37)38/h16,18,20,22,24,26,28H,10-15,17,19,21,23,25,27,29H2,1-9H3/b31-18?,32-20?,33-22+,34-24+,35-26+,36-28+. The fourth-order valence-corrected chi connectivity index (χ4v) is 4.55. The van der Waals surface area contributed by atoms with Gasteiger partial charge in [-0.3, -0.25) is 4.18 Å². The minimum atomic E-state index is -3.37. The first-order valence-electron chi connectivity index (χ1n) is 15.2. The third kappa shape index (κ3) is 26.3. The van der Waals surface area contributed by atoms with Crippen molar-refractivity contribution < 1.29 is 12.6 Å². The number of rotatable bonds is 21. The zero-order valence-corrected chi connectivity index (χ0v) is 28.2. The third-order valence-electron chi connectivity index (χ3n) is 6.96. The summed E-state index contributed by atoms with van der Waals surface area (Å²) in [5.41, 5.74) is 9.97. The van der Waals surface area contributed by atoms with E-state index in [9.17, 15) is 8.42 Å². The van der Waals surface area contributed by atoms with Crippen LogP contribution in [0.5, 0.6) is 0 Å². The van der Waals surface area contributed by atoms with Crippen LogP contribution in [-0.4, -0.2) is 21.3 Å². The summed E-state index contributed by atoms with van der Waals surface area (Å²) in [4.78, 5) is 0. The second-order valence-electron chi connectivity index (χ2n) is 11.8. The maximum atomic E-state index is 11.0. The molecule has 0 aromatic heterocycles. The average Bonchev–Trinajstić information content (AvgIpc) is 2.83. The van der Waals surface area contributed by atoms with Gasteiger partial charge in [0.15, 0.2) is 0 Å². The molecule has 0 amide bonds. The molecule has 0 aliphatic rings. The van der Waals surface area contributed by atoms with Gasteiger partial charge in [0.2, 0.25) is 0 Å². The van der Waals surface area contributed by atoms with Gasteiger partial charge in [-0.2, -0.15) is 8.42 Å². The van der Waals surface area contributed by atoms with Gasteiger partial charge in [-0.15, -0.1) is 0 Å². The van der Waals surface area contributed by atoms with Crippen LogP contribution in [0, 0.1) is 0 Å². The van der Waals surface area contributed by atoms with Gasteiger partial charge >= 0.3 is 0 Å². The normalized spacial score (nSPS) is 14.6. The summed E-state index contributed by atoms with van der Waals surface area (Å²) in [5, 5.41) is 0. The summed E-state index contributed by atoms with van der Waals surface area (Å²) in [6.45, 7) is 17.7. The Morgan fingerprint density at radius 1 is 0.450 bits per heavy atom. The molecule has 0 bridgehead atoms. The van der Waals surface area contributed by atoms with Crippen LogP contribution in [0.15, 0.2) is 81.5 Å². The maximum Gasteiger partial charge on any atom is 0.264 e. The lowest BCUT2D eigenvalue weighted by Crippen LogP contribution is -2.02. The van der Waals surface area contributed by atoms with Crippen molar-refractivity contribution in [3.63, 3.8) is 0 Å². The van der Waals surface area contributed by atoms with Gasteiger partial charge in [0.05, 0.1) is 12.9 Å². The Balaban J connectivity index is 4.19. The van der Waals surface area contributed by atoms with Crippen molar-refractivity contribution in [3.8, 4) is 0 Å². The van der Waals surface area contributed by atoms with Gasteiger partial charge in [0, 0.05) is 0 Å². The van der Waals surface area contributed by atoms with Gasteiger partial charge in [-0.05, 0) is 132 Å². The highest BCUT2D eigenvalue weighted by Gasteiger charge is 1.99. The molecule has 0 fully saturated rings. The molecular weight excluding hydrogens is 512 g/mol. The van der Waals surface area contributed by atoms with E-state index in [4.69, 9.17) is 4.18 Å². The number of hydrogen-bond donors (Lipinski definition) is 0. The van der Waals surface area contributed by atoms with Crippen LogP contribution in [0.1, 0.15) is 132 Å². The molecule has 0 unspecified atom stereocenters. The summed E-state index contributed by atoms with van der Waals surface area (Å²) in [7, 11) is -3.37. The van der Waals surface area contributed by atoms with Crippen molar-refractivity contribution in [1.29, 1.82) is 0 Å². The predicted octanol–water partition coefficient (Wildman–Crippen LogP) is 11.3. The van der Waals surface area contributed by atoms with Crippen molar-refractivity contribution >= 4 is 10.1 Å². The van der Waals surface area contributed by atoms with Crippen molar-refractivity contribution in [2.45, 2.75) is 132 Å². The van der Waals surface area contributed by atoms with Crippen LogP contribution in [0.2, 0.25) is 0 Å². The van der Waals surface area contributed by atoms with E-state index >= 15 is 0 Å². The van der Waals surface area contributed by atoms with E-state index in [0.717, 1.165) is 76.0 Å². The molecule has 0 aromatic rings. The van der Waals surface area contributed by atoms with E-state index in [1.807, 2.05) is 13.0 Å². The average molecular weight is 573 g/mol. The third-order valence-corrected chi connectivity index (χ3v) is 7.53. The van der Waals surface area contributed by atoms with E-state index in [0.29, 0.717) is 0 Å². The molecule has 0 saturated carbocycles. The smallest absolute Gasteiger partial charge is 0.264 e. The largest absolute Gasteiger partial charge is 0.266 e. The molecule has 0 saturated heterocycles. The molecule has 0 N–H and O–H groups in total. The number of allylic oxidation sites excluding steroid dienone is 13. The fourth-order valence-electron chi connectivity index (χ4n) is 4.23. The van der Waals surface area contributed by atoms with E-state index in [1.165, 1.54) is 46.3 Å². The van der Waals surface area contributed by atoms with Crippen LogP contribution in [0.3, 0.4) is 0 Å². The molecule has 0 spiro atoms. The Hall–Kier alpha value is -1.91. The molecule has 40 heavy (non-hydrogen) atoms. The van der Waals surface area contributed by atoms with Gasteiger partial charge in [0.1, 0.15) is 0 Å².